The van der Waals surface area contributed by atoms with Gasteiger partial charge in [0.2, 0.25) is 0 Å². The number of ether oxygens (including phenoxy) is 2. The number of hydrogen-bond donors (Lipinski definition) is 2. The maximum absolute atomic E-state index is 9.92. The van der Waals surface area contributed by atoms with Crippen LogP contribution in [0.4, 0.5) is 0 Å². The van der Waals surface area contributed by atoms with E-state index in [0.29, 0.717) is 24.8 Å². The number of benzene rings is 1. The van der Waals surface area contributed by atoms with Crippen molar-refractivity contribution in [2.45, 2.75) is 38.5 Å². The van der Waals surface area contributed by atoms with Crippen molar-refractivity contribution in [3.8, 4) is 0 Å². The van der Waals surface area contributed by atoms with Crippen LogP contribution in [-0.2, 0) is 16.1 Å². The van der Waals surface area contributed by atoms with Crippen LogP contribution in [0.1, 0.15) is 25.3 Å². The molecule has 0 aliphatic rings. The Hall–Kier alpha value is -0.650. The summed E-state index contributed by atoms with van der Waals surface area (Å²) in [4.78, 5) is 0. The SMILES string of the molecule is CCCC(COC)NCC(O)COCc1ccccc1Cl. The Morgan fingerprint density at radius 2 is 2.05 bits per heavy atom. The molecule has 0 saturated heterocycles. The summed E-state index contributed by atoms with van der Waals surface area (Å²) in [5.41, 5.74) is 0.933. The van der Waals surface area contributed by atoms with Gasteiger partial charge in [0.1, 0.15) is 0 Å². The molecule has 0 bridgehead atoms. The van der Waals surface area contributed by atoms with Crippen LogP contribution in [-0.4, -0.2) is 44.1 Å². The van der Waals surface area contributed by atoms with Gasteiger partial charge in [0, 0.05) is 24.7 Å². The average Bonchev–Trinajstić information content (AvgIpc) is 2.47. The van der Waals surface area contributed by atoms with E-state index in [4.69, 9.17) is 21.1 Å². The number of aliphatic hydroxyl groups excluding tert-OH is 1. The maximum Gasteiger partial charge on any atom is 0.0897 e. The molecule has 0 amide bonds. The van der Waals surface area contributed by atoms with E-state index < -0.39 is 6.10 Å². The third kappa shape index (κ3) is 7.79. The summed E-state index contributed by atoms with van der Waals surface area (Å²) in [6, 6.07) is 7.83. The van der Waals surface area contributed by atoms with E-state index in [9.17, 15) is 5.11 Å². The lowest BCUT2D eigenvalue weighted by molar-refractivity contribution is 0.0257. The normalized spacial score (nSPS) is 14.1. The zero-order valence-corrected chi connectivity index (χ0v) is 13.6. The fraction of sp³-hybridized carbons (Fsp3) is 0.625. The monoisotopic (exact) mass is 315 g/mol. The molecule has 2 unspecified atom stereocenters. The van der Waals surface area contributed by atoms with Gasteiger partial charge in [-0.1, -0.05) is 43.1 Å². The van der Waals surface area contributed by atoms with Crippen molar-refractivity contribution in [3.05, 3.63) is 34.9 Å². The van der Waals surface area contributed by atoms with Crippen molar-refractivity contribution in [2.24, 2.45) is 0 Å². The van der Waals surface area contributed by atoms with E-state index in [2.05, 4.69) is 12.2 Å². The molecule has 1 aromatic carbocycles. The molecule has 1 aromatic rings. The molecular weight excluding hydrogens is 290 g/mol. The van der Waals surface area contributed by atoms with Gasteiger partial charge in [0.15, 0.2) is 0 Å². The van der Waals surface area contributed by atoms with Crippen LogP contribution in [0.15, 0.2) is 24.3 Å². The van der Waals surface area contributed by atoms with Crippen LogP contribution in [0.25, 0.3) is 0 Å². The number of nitrogens with one attached hydrogen (secondary N) is 1. The molecule has 1 rings (SSSR count). The van der Waals surface area contributed by atoms with Crippen molar-refractivity contribution in [2.75, 3.05) is 26.9 Å². The van der Waals surface area contributed by atoms with Crippen LogP contribution in [0.2, 0.25) is 5.02 Å². The number of rotatable bonds is 11. The quantitative estimate of drug-likeness (QED) is 0.659. The third-order valence-electron chi connectivity index (χ3n) is 3.17. The van der Waals surface area contributed by atoms with Crippen molar-refractivity contribution >= 4 is 11.6 Å². The van der Waals surface area contributed by atoms with Gasteiger partial charge in [-0.05, 0) is 18.1 Å². The minimum absolute atomic E-state index is 0.276. The van der Waals surface area contributed by atoms with Gasteiger partial charge < -0.3 is 19.9 Å². The Bertz CT molecular complexity index is 384. The van der Waals surface area contributed by atoms with Gasteiger partial charge in [-0.25, -0.2) is 0 Å². The molecule has 0 spiro atoms. The molecule has 2 atom stereocenters. The smallest absolute Gasteiger partial charge is 0.0897 e. The highest BCUT2D eigenvalue weighted by Gasteiger charge is 2.10. The van der Waals surface area contributed by atoms with Crippen molar-refractivity contribution in [3.63, 3.8) is 0 Å². The molecule has 0 radical (unpaired) electrons. The second-order valence-electron chi connectivity index (χ2n) is 5.11. The van der Waals surface area contributed by atoms with Crippen molar-refractivity contribution in [1.29, 1.82) is 0 Å². The molecule has 120 valence electrons. The molecule has 4 nitrogen and oxygen atoms in total. The van der Waals surface area contributed by atoms with E-state index in [1.165, 1.54) is 0 Å². The van der Waals surface area contributed by atoms with Gasteiger partial charge in [-0.15, -0.1) is 0 Å². The Balaban J connectivity index is 2.21. The first-order valence-electron chi connectivity index (χ1n) is 7.38. The first-order chi connectivity index (χ1) is 10.2. The lowest BCUT2D eigenvalue weighted by atomic mass is 10.2. The van der Waals surface area contributed by atoms with E-state index in [1.54, 1.807) is 7.11 Å². The zero-order chi connectivity index (χ0) is 15.5. The van der Waals surface area contributed by atoms with E-state index in [1.807, 2.05) is 24.3 Å². The Kier molecular flexibility index (Phi) is 9.63. The summed E-state index contributed by atoms with van der Waals surface area (Å²) in [6.45, 7) is 3.97. The fourth-order valence-electron chi connectivity index (χ4n) is 2.08. The zero-order valence-electron chi connectivity index (χ0n) is 12.8. The van der Waals surface area contributed by atoms with Crippen LogP contribution >= 0.6 is 11.6 Å². The second kappa shape index (κ2) is 11.0. The summed E-state index contributed by atoms with van der Waals surface area (Å²) < 4.78 is 10.7. The molecule has 0 fully saturated rings. The average molecular weight is 316 g/mol. The van der Waals surface area contributed by atoms with E-state index in [-0.39, 0.29) is 12.6 Å². The van der Waals surface area contributed by atoms with Gasteiger partial charge in [0.25, 0.3) is 0 Å². The lowest BCUT2D eigenvalue weighted by Crippen LogP contribution is -2.39. The predicted molar refractivity (Wildman–Crippen MR) is 85.7 cm³/mol. The van der Waals surface area contributed by atoms with Crippen molar-refractivity contribution in [1.82, 2.24) is 5.32 Å². The topological polar surface area (TPSA) is 50.7 Å². The highest BCUT2D eigenvalue weighted by molar-refractivity contribution is 6.31. The molecule has 2 N–H and O–H groups in total. The fourth-order valence-corrected chi connectivity index (χ4v) is 2.27. The van der Waals surface area contributed by atoms with Gasteiger partial charge >= 0.3 is 0 Å². The number of hydrogen-bond acceptors (Lipinski definition) is 4. The van der Waals surface area contributed by atoms with Crippen LogP contribution in [0.5, 0.6) is 0 Å². The van der Waals surface area contributed by atoms with E-state index in [0.717, 1.165) is 18.4 Å². The summed E-state index contributed by atoms with van der Waals surface area (Å²) in [7, 11) is 1.69. The minimum atomic E-state index is -0.538. The standard InChI is InChI=1S/C16H26ClNO3/c1-3-6-14(11-20-2)18-9-15(19)12-21-10-13-7-4-5-8-16(13)17/h4-5,7-8,14-15,18-19H,3,6,9-12H2,1-2H3. The largest absolute Gasteiger partial charge is 0.389 e. The summed E-state index contributed by atoms with van der Waals surface area (Å²) in [6.07, 6.45) is 1.57. The minimum Gasteiger partial charge on any atom is -0.389 e. The Morgan fingerprint density at radius 1 is 1.29 bits per heavy atom. The molecule has 5 heteroatoms. The molecule has 0 aromatic heterocycles. The Labute approximate surface area is 132 Å². The Morgan fingerprint density at radius 3 is 2.71 bits per heavy atom. The molecule has 0 aliphatic heterocycles. The first kappa shape index (κ1) is 18.4. The summed E-state index contributed by atoms with van der Waals surface area (Å²) in [5.74, 6) is 0. The van der Waals surface area contributed by atoms with E-state index >= 15 is 0 Å². The van der Waals surface area contributed by atoms with Gasteiger partial charge in [-0.3, -0.25) is 0 Å². The van der Waals surface area contributed by atoms with Gasteiger partial charge in [0.05, 0.1) is 25.9 Å². The molecular formula is C16H26ClNO3. The summed E-state index contributed by atoms with van der Waals surface area (Å²) >= 11 is 6.04. The molecule has 21 heavy (non-hydrogen) atoms. The van der Waals surface area contributed by atoms with Crippen LogP contribution < -0.4 is 5.32 Å². The molecule has 0 heterocycles. The summed E-state index contributed by atoms with van der Waals surface area (Å²) in [5, 5.41) is 13.9. The highest BCUT2D eigenvalue weighted by atomic mass is 35.5. The van der Waals surface area contributed by atoms with Gasteiger partial charge in [-0.2, -0.15) is 0 Å². The third-order valence-corrected chi connectivity index (χ3v) is 3.54. The molecule has 0 saturated carbocycles. The van der Waals surface area contributed by atoms with Crippen molar-refractivity contribution < 1.29 is 14.6 Å². The maximum atomic E-state index is 9.92. The van der Waals surface area contributed by atoms with Crippen LogP contribution in [0.3, 0.4) is 0 Å². The highest BCUT2D eigenvalue weighted by Crippen LogP contribution is 2.15. The predicted octanol–water partition coefficient (Wildman–Crippen LogP) is 2.62. The number of aliphatic hydroxyl groups is 1. The van der Waals surface area contributed by atoms with Crippen LogP contribution in [0, 0.1) is 0 Å². The first-order valence-corrected chi connectivity index (χ1v) is 7.76. The number of halogens is 1. The molecule has 0 aliphatic carbocycles. The number of methoxy groups -OCH3 is 1. The second-order valence-corrected chi connectivity index (χ2v) is 5.52. The lowest BCUT2D eigenvalue weighted by Gasteiger charge is -2.19.